The van der Waals surface area contributed by atoms with Crippen LogP contribution >= 0.6 is 0 Å². The minimum atomic E-state index is -0.500. The fourth-order valence-corrected chi connectivity index (χ4v) is 10.7. The van der Waals surface area contributed by atoms with E-state index in [0.717, 1.165) is 24.0 Å². The first-order valence-electron chi connectivity index (χ1n) is 23.0. The molecule has 4 amide bonds. The Kier molecular flexibility index (Phi) is 11.5. The number of hydrogen-bond acceptors (Lipinski definition) is 5. The highest BCUT2D eigenvalue weighted by atomic mass is 16.2. The molecule has 0 aromatic heterocycles. The van der Waals surface area contributed by atoms with Crippen molar-refractivity contribution < 1.29 is 14.4 Å². The summed E-state index contributed by atoms with van der Waals surface area (Å²) in [6.07, 6.45) is 13.1. The van der Waals surface area contributed by atoms with Crippen LogP contribution in [0.15, 0.2) is 131 Å². The smallest absolute Gasteiger partial charge is 0.333 e. The van der Waals surface area contributed by atoms with Gasteiger partial charge in [-0.2, -0.15) is 0 Å². The van der Waals surface area contributed by atoms with Crippen molar-refractivity contribution in [1.82, 2.24) is 9.80 Å². The molecule has 62 heavy (non-hydrogen) atoms. The van der Waals surface area contributed by atoms with Crippen molar-refractivity contribution >= 4 is 50.8 Å². The second-order valence-electron chi connectivity index (χ2n) is 19.2. The SMILES string of the molecule is CCCCN1C(=O)C(=C2/C(=C/C=C3/N(C(C)C)c4ccc5ccccc5c4C3(C)C)CC/C2=C\C=C2\N(C(C)C)c3ccc4ccccc4c3C2(C)C)C(=O)N(CCCC)C1=O. The number of hydrogen-bond donors (Lipinski definition) is 0. The van der Waals surface area contributed by atoms with Crippen LogP contribution < -0.4 is 9.80 Å². The van der Waals surface area contributed by atoms with E-state index in [1.54, 1.807) is 0 Å². The quantitative estimate of drug-likeness (QED) is 0.118. The van der Waals surface area contributed by atoms with Crippen molar-refractivity contribution in [3.8, 4) is 0 Å². The van der Waals surface area contributed by atoms with Crippen molar-refractivity contribution in [2.24, 2.45) is 0 Å². The topological polar surface area (TPSA) is 64.2 Å². The van der Waals surface area contributed by atoms with E-state index in [4.69, 9.17) is 0 Å². The number of barbiturate groups is 1. The summed E-state index contributed by atoms with van der Waals surface area (Å²) in [6, 6.07) is 26.1. The number of unbranched alkanes of at least 4 members (excludes halogenated alkanes) is 2. The molecule has 1 aliphatic carbocycles. The van der Waals surface area contributed by atoms with Gasteiger partial charge >= 0.3 is 6.03 Å². The van der Waals surface area contributed by atoms with Crippen LogP contribution in [0.1, 0.15) is 119 Å². The van der Waals surface area contributed by atoms with Crippen LogP contribution in [0.2, 0.25) is 0 Å². The second-order valence-corrected chi connectivity index (χ2v) is 19.2. The number of imide groups is 2. The van der Waals surface area contributed by atoms with Gasteiger partial charge in [0.2, 0.25) is 0 Å². The zero-order valence-corrected chi connectivity index (χ0v) is 38.6. The first-order chi connectivity index (χ1) is 29.6. The molecule has 4 aromatic carbocycles. The van der Waals surface area contributed by atoms with Gasteiger partial charge < -0.3 is 9.80 Å². The molecule has 0 spiro atoms. The molecule has 0 atom stereocenters. The molecule has 8 rings (SSSR count). The number of benzene rings is 4. The number of rotatable bonds is 10. The summed E-state index contributed by atoms with van der Waals surface area (Å²) in [4.78, 5) is 51.1. The molecule has 1 saturated carbocycles. The van der Waals surface area contributed by atoms with E-state index in [1.165, 1.54) is 65.2 Å². The number of anilines is 2. The molecule has 3 aliphatic heterocycles. The fraction of sp³-hybridized carbons (Fsp3) is 0.400. The summed E-state index contributed by atoms with van der Waals surface area (Å²) >= 11 is 0. The number of fused-ring (bicyclic) bond motifs is 6. The van der Waals surface area contributed by atoms with Crippen LogP contribution in [-0.4, -0.2) is 52.8 Å². The molecule has 0 unspecified atom stereocenters. The highest BCUT2D eigenvalue weighted by Gasteiger charge is 2.46. The standard InChI is InChI=1S/C55H64N4O3/c1-11-13-33-56-51(60)48(52(61)57(53(56)62)34-14-12-2)47-39(27-31-45-54(7,8)49-41-21-17-15-19-37(41)25-29-43(49)58(45)35(3)4)23-24-40(47)28-32-46-55(9,10)50-42-22-18-16-20-38(42)26-30-44(50)59(46)36(5)6/h15-22,25-32,35-36H,11-14,23-24,33-34H2,1-10H3/b39-27+,40-28+,45-31+,46-32+. The maximum atomic E-state index is 14.8. The minimum absolute atomic E-state index is 0.116. The summed E-state index contributed by atoms with van der Waals surface area (Å²) in [6.45, 7) is 22.8. The van der Waals surface area contributed by atoms with Crippen LogP contribution in [0.4, 0.5) is 16.2 Å². The third-order valence-electron chi connectivity index (χ3n) is 13.7. The summed E-state index contributed by atoms with van der Waals surface area (Å²) < 4.78 is 0. The highest BCUT2D eigenvalue weighted by molar-refractivity contribution is 6.30. The number of carbonyl (C=O) groups excluding carboxylic acids is 3. The minimum Gasteiger partial charge on any atom is -0.341 e. The molecule has 0 bridgehead atoms. The molecule has 7 heteroatoms. The fourth-order valence-electron chi connectivity index (χ4n) is 10.7. The largest absolute Gasteiger partial charge is 0.341 e. The van der Waals surface area contributed by atoms with Crippen LogP contribution in [0.25, 0.3) is 21.5 Å². The molecule has 7 nitrogen and oxygen atoms in total. The molecule has 0 radical (unpaired) electrons. The van der Waals surface area contributed by atoms with Gasteiger partial charge in [-0.15, -0.1) is 0 Å². The van der Waals surface area contributed by atoms with Gasteiger partial charge in [-0.3, -0.25) is 19.4 Å². The molecule has 322 valence electrons. The maximum Gasteiger partial charge on any atom is 0.333 e. The second kappa shape index (κ2) is 16.5. The van der Waals surface area contributed by atoms with E-state index in [-0.39, 0.29) is 41.6 Å². The summed E-state index contributed by atoms with van der Waals surface area (Å²) in [5, 5.41) is 4.94. The Morgan fingerprint density at radius 2 is 0.952 bits per heavy atom. The maximum absolute atomic E-state index is 14.8. The van der Waals surface area contributed by atoms with Gasteiger partial charge in [0.15, 0.2) is 0 Å². The first kappa shape index (κ1) is 43.0. The zero-order chi connectivity index (χ0) is 44.2. The lowest BCUT2D eigenvalue weighted by Crippen LogP contribution is -2.57. The zero-order valence-electron chi connectivity index (χ0n) is 38.6. The van der Waals surface area contributed by atoms with Gasteiger partial charge in [0.05, 0.1) is 0 Å². The average molecular weight is 829 g/mol. The lowest BCUT2D eigenvalue weighted by Gasteiger charge is -2.35. The number of allylic oxidation sites excluding steroid dienone is 9. The van der Waals surface area contributed by atoms with E-state index in [1.807, 2.05) is 0 Å². The Labute approximate surface area is 369 Å². The van der Waals surface area contributed by atoms with Gasteiger partial charge in [0, 0.05) is 58.8 Å². The summed E-state index contributed by atoms with van der Waals surface area (Å²) in [5.41, 5.74) is 9.42. The Hall–Kier alpha value is -5.69. The molecule has 0 N–H and O–H groups in total. The third kappa shape index (κ3) is 6.92. The monoisotopic (exact) mass is 828 g/mol. The Bertz CT molecular complexity index is 2470. The van der Waals surface area contributed by atoms with E-state index in [0.29, 0.717) is 31.3 Å². The van der Waals surface area contributed by atoms with Crippen molar-refractivity contribution in [3.63, 3.8) is 0 Å². The molecule has 4 aromatic rings. The molecule has 2 fully saturated rings. The van der Waals surface area contributed by atoms with Crippen LogP contribution in [-0.2, 0) is 20.4 Å². The van der Waals surface area contributed by atoms with E-state index in [2.05, 4.69) is 176 Å². The number of amides is 4. The average Bonchev–Trinajstić information content (AvgIpc) is 3.83. The Morgan fingerprint density at radius 1 is 0.548 bits per heavy atom. The third-order valence-corrected chi connectivity index (χ3v) is 13.7. The van der Waals surface area contributed by atoms with Gasteiger partial charge in [-0.05, 0) is 127 Å². The van der Waals surface area contributed by atoms with E-state index in [9.17, 15) is 14.4 Å². The molecular weight excluding hydrogens is 765 g/mol. The molecular formula is C55H64N4O3. The van der Waals surface area contributed by atoms with Gasteiger partial charge in [-0.25, -0.2) is 4.79 Å². The van der Waals surface area contributed by atoms with Gasteiger partial charge in [-0.1, -0.05) is 127 Å². The van der Waals surface area contributed by atoms with Crippen LogP contribution in [0.3, 0.4) is 0 Å². The summed E-state index contributed by atoms with van der Waals surface area (Å²) in [7, 11) is 0. The van der Waals surface area contributed by atoms with Gasteiger partial charge in [0.1, 0.15) is 5.57 Å². The van der Waals surface area contributed by atoms with Crippen LogP contribution in [0.5, 0.6) is 0 Å². The molecule has 3 heterocycles. The van der Waals surface area contributed by atoms with Gasteiger partial charge in [0.25, 0.3) is 11.8 Å². The predicted molar refractivity (Wildman–Crippen MR) is 256 cm³/mol. The van der Waals surface area contributed by atoms with Crippen molar-refractivity contribution in [2.75, 3.05) is 22.9 Å². The molecule has 1 saturated heterocycles. The lowest BCUT2D eigenvalue weighted by atomic mass is 9.81. The first-order valence-corrected chi connectivity index (χ1v) is 23.0. The van der Waals surface area contributed by atoms with E-state index < -0.39 is 17.8 Å². The Morgan fingerprint density at radius 3 is 1.34 bits per heavy atom. The summed E-state index contributed by atoms with van der Waals surface area (Å²) in [5.74, 6) is -0.967. The highest BCUT2D eigenvalue weighted by Crippen LogP contribution is 2.53. The van der Waals surface area contributed by atoms with Crippen molar-refractivity contribution in [1.29, 1.82) is 0 Å². The van der Waals surface area contributed by atoms with Crippen molar-refractivity contribution in [2.45, 2.75) is 131 Å². The lowest BCUT2D eigenvalue weighted by molar-refractivity contribution is -0.136. The number of nitrogens with zero attached hydrogens (tertiary/aromatic N) is 4. The van der Waals surface area contributed by atoms with Crippen molar-refractivity contribution in [3.05, 3.63) is 142 Å². The van der Waals surface area contributed by atoms with E-state index >= 15 is 0 Å². The molecule has 4 aliphatic rings. The van der Waals surface area contributed by atoms with Crippen LogP contribution in [0, 0.1) is 0 Å². The normalized spacial score (nSPS) is 21.3. The Balaban J connectivity index is 1.33. The number of urea groups is 1. The number of carbonyl (C=O) groups is 3. The predicted octanol–water partition coefficient (Wildman–Crippen LogP) is 12.8.